The molecule has 2 aromatic rings. The van der Waals surface area contributed by atoms with Gasteiger partial charge < -0.3 is 16.0 Å². The van der Waals surface area contributed by atoms with Gasteiger partial charge in [0.2, 0.25) is 5.91 Å². The van der Waals surface area contributed by atoms with Crippen molar-refractivity contribution in [1.29, 1.82) is 0 Å². The van der Waals surface area contributed by atoms with Gasteiger partial charge in [-0.1, -0.05) is 54.6 Å². The fourth-order valence-electron chi connectivity index (χ4n) is 5.06. The number of piperidine rings is 1. The van der Waals surface area contributed by atoms with Crippen molar-refractivity contribution in [2.45, 2.75) is 45.2 Å². The minimum atomic E-state index is -0.171. The minimum absolute atomic E-state index is 0. The van der Waals surface area contributed by atoms with E-state index in [2.05, 4.69) is 76.6 Å². The quantitative estimate of drug-likeness (QED) is 0.298. The van der Waals surface area contributed by atoms with Crippen LogP contribution < -0.4 is 11.1 Å². The number of primary amides is 1. The summed E-state index contributed by atoms with van der Waals surface area (Å²) in [5.74, 6) is 1.37. The zero-order valence-corrected chi connectivity index (χ0v) is 22.5. The Kier molecular flexibility index (Phi) is 10.2. The molecule has 0 aliphatic carbocycles. The third kappa shape index (κ3) is 7.18. The molecule has 0 spiro atoms. The molecule has 2 heterocycles. The van der Waals surface area contributed by atoms with Crippen LogP contribution in [0.5, 0.6) is 0 Å². The van der Waals surface area contributed by atoms with Gasteiger partial charge in [0.15, 0.2) is 5.96 Å². The summed E-state index contributed by atoms with van der Waals surface area (Å²) < 4.78 is 0. The zero-order valence-electron chi connectivity index (χ0n) is 20.2. The lowest BCUT2D eigenvalue weighted by molar-refractivity contribution is -0.123. The SMILES string of the molecule is CCNC(=NCc1cccc(CN2CCCC(C(N)=O)C2)c1)N1CCC(c2ccccc2)C1.I. The van der Waals surface area contributed by atoms with Crippen molar-refractivity contribution >= 4 is 35.8 Å². The molecule has 6 nitrogen and oxygen atoms in total. The van der Waals surface area contributed by atoms with Crippen LogP contribution in [-0.4, -0.2) is 54.4 Å². The highest BCUT2D eigenvalue weighted by atomic mass is 127. The fourth-order valence-corrected chi connectivity index (χ4v) is 5.06. The van der Waals surface area contributed by atoms with Crippen molar-refractivity contribution < 1.29 is 4.79 Å². The summed E-state index contributed by atoms with van der Waals surface area (Å²) in [6.45, 7) is 8.32. The maximum absolute atomic E-state index is 11.6. The average Bonchev–Trinajstić information content (AvgIpc) is 3.33. The van der Waals surface area contributed by atoms with Gasteiger partial charge in [0.25, 0.3) is 0 Å². The number of aliphatic imine (C=N–C) groups is 1. The molecule has 0 aromatic heterocycles. The second-order valence-corrected chi connectivity index (χ2v) is 9.31. The number of amides is 1. The molecule has 1 amide bonds. The van der Waals surface area contributed by atoms with Crippen LogP contribution in [-0.2, 0) is 17.9 Å². The van der Waals surface area contributed by atoms with Crippen LogP contribution in [0.4, 0.5) is 0 Å². The van der Waals surface area contributed by atoms with E-state index in [0.717, 1.165) is 64.5 Å². The second-order valence-electron chi connectivity index (χ2n) is 9.31. The molecular weight excluding hydrogens is 537 g/mol. The van der Waals surface area contributed by atoms with E-state index in [1.165, 1.54) is 16.7 Å². The predicted octanol–water partition coefficient (Wildman–Crippen LogP) is 3.96. The van der Waals surface area contributed by atoms with Gasteiger partial charge in [0, 0.05) is 38.6 Å². The molecular formula is C27H38IN5O. The first-order chi connectivity index (χ1) is 16.1. The van der Waals surface area contributed by atoms with Crippen molar-refractivity contribution in [2.24, 2.45) is 16.6 Å². The molecule has 2 aliphatic rings. The Balaban J connectivity index is 0.00000324. The highest BCUT2D eigenvalue weighted by molar-refractivity contribution is 14.0. The molecule has 3 N–H and O–H groups in total. The van der Waals surface area contributed by atoms with Crippen LogP contribution in [0.1, 0.15) is 48.8 Å². The number of hydrogen-bond donors (Lipinski definition) is 2. The maximum Gasteiger partial charge on any atom is 0.221 e. The Bertz CT molecular complexity index is 951. The summed E-state index contributed by atoms with van der Waals surface area (Å²) in [5, 5.41) is 3.49. The van der Waals surface area contributed by atoms with Crippen molar-refractivity contribution in [1.82, 2.24) is 15.1 Å². The van der Waals surface area contributed by atoms with Crippen LogP contribution in [0.25, 0.3) is 0 Å². The van der Waals surface area contributed by atoms with Gasteiger partial charge in [0.05, 0.1) is 12.5 Å². The predicted molar refractivity (Wildman–Crippen MR) is 149 cm³/mol. The molecule has 184 valence electrons. The van der Waals surface area contributed by atoms with Crippen LogP contribution in [0.15, 0.2) is 59.6 Å². The lowest BCUT2D eigenvalue weighted by atomic mass is 9.97. The number of likely N-dealkylation sites (tertiary alicyclic amines) is 2. The molecule has 4 rings (SSSR count). The first-order valence-corrected chi connectivity index (χ1v) is 12.3. The number of nitrogens with two attached hydrogens (primary N) is 1. The molecule has 2 unspecified atom stereocenters. The van der Waals surface area contributed by atoms with Gasteiger partial charge in [-0.3, -0.25) is 9.69 Å². The van der Waals surface area contributed by atoms with Gasteiger partial charge in [0.1, 0.15) is 0 Å². The van der Waals surface area contributed by atoms with Crippen molar-refractivity contribution in [3.63, 3.8) is 0 Å². The first-order valence-electron chi connectivity index (χ1n) is 12.3. The topological polar surface area (TPSA) is 74.0 Å². The minimum Gasteiger partial charge on any atom is -0.369 e. The van der Waals surface area contributed by atoms with Crippen LogP contribution in [0.3, 0.4) is 0 Å². The number of hydrogen-bond acceptors (Lipinski definition) is 3. The highest BCUT2D eigenvalue weighted by Gasteiger charge is 2.26. The number of carbonyl (C=O) groups is 1. The molecule has 0 saturated carbocycles. The normalized spacial score (nSPS) is 21.2. The van der Waals surface area contributed by atoms with E-state index in [4.69, 9.17) is 10.7 Å². The summed E-state index contributed by atoms with van der Waals surface area (Å²) in [7, 11) is 0. The average molecular weight is 576 g/mol. The van der Waals surface area contributed by atoms with E-state index >= 15 is 0 Å². The molecule has 7 heteroatoms. The van der Waals surface area contributed by atoms with Gasteiger partial charge in [-0.05, 0) is 49.4 Å². The number of guanidine groups is 1. The van der Waals surface area contributed by atoms with E-state index < -0.39 is 0 Å². The molecule has 2 aliphatic heterocycles. The molecule has 2 atom stereocenters. The summed E-state index contributed by atoms with van der Waals surface area (Å²) in [6, 6.07) is 19.5. The molecule has 2 aromatic carbocycles. The lowest BCUT2D eigenvalue weighted by Gasteiger charge is -2.31. The lowest BCUT2D eigenvalue weighted by Crippen LogP contribution is -2.40. The Morgan fingerprint density at radius 3 is 2.62 bits per heavy atom. The van der Waals surface area contributed by atoms with Gasteiger partial charge >= 0.3 is 0 Å². The van der Waals surface area contributed by atoms with E-state index in [-0.39, 0.29) is 35.8 Å². The number of rotatable bonds is 7. The number of carbonyl (C=O) groups excluding carboxylic acids is 1. The maximum atomic E-state index is 11.6. The molecule has 2 fully saturated rings. The number of nitrogens with one attached hydrogen (secondary N) is 1. The summed E-state index contributed by atoms with van der Waals surface area (Å²) >= 11 is 0. The van der Waals surface area contributed by atoms with Gasteiger partial charge in [-0.15, -0.1) is 24.0 Å². The summed E-state index contributed by atoms with van der Waals surface area (Å²) in [4.78, 5) is 21.3. The number of halogens is 1. The van der Waals surface area contributed by atoms with E-state index in [0.29, 0.717) is 12.5 Å². The van der Waals surface area contributed by atoms with Gasteiger partial charge in [-0.2, -0.15) is 0 Å². The number of benzene rings is 2. The fraction of sp³-hybridized carbons (Fsp3) is 0.481. The van der Waals surface area contributed by atoms with Crippen LogP contribution >= 0.6 is 24.0 Å². The van der Waals surface area contributed by atoms with E-state index in [9.17, 15) is 4.79 Å². The van der Waals surface area contributed by atoms with Crippen LogP contribution in [0.2, 0.25) is 0 Å². The molecule has 0 bridgehead atoms. The third-order valence-corrected chi connectivity index (χ3v) is 6.81. The van der Waals surface area contributed by atoms with E-state index in [1.54, 1.807) is 0 Å². The first kappa shape index (κ1) is 26.5. The Labute approximate surface area is 221 Å². The van der Waals surface area contributed by atoms with Crippen LogP contribution in [0, 0.1) is 5.92 Å². The highest BCUT2D eigenvalue weighted by Crippen LogP contribution is 2.27. The molecule has 0 radical (unpaired) electrons. The standard InChI is InChI=1S/C27H37N5O.HI/c1-2-29-27(32-15-13-24(20-32)23-10-4-3-5-11-23)30-17-21-8-6-9-22(16-21)18-31-14-7-12-25(19-31)26(28)33;/h3-6,8-11,16,24-25H,2,7,12-15,17-20H2,1H3,(H2,28,33)(H,29,30);1H. The Morgan fingerprint density at radius 2 is 1.85 bits per heavy atom. The number of nitrogens with zero attached hydrogens (tertiary/aromatic N) is 3. The second kappa shape index (κ2) is 13.1. The summed E-state index contributed by atoms with van der Waals surface area (Å²) in [5.41, 5.74) is 9.44. The van der Waals surface area contributed by atoms with Crippen molar-refractivity contribution in [2.75, 3.05) is 32.7 Å². The van der Waals surface area contributed by atoms with Crippen molar-refractivity contribution in [3.05, 3.63) is 71.3 Å². The monoisotopic (exact) mass is 575 g/mol. The third-order valence-electron chi connectivity index (χ3n) is 6.81. The van der Waals surface area contributed by atoms with Gasteiger partial charge in [-0.25, -0.2) is 4.99 Å². The molecule has 2 saturated heterocycles. The molecule has 34 heavy (non-hydrogen) atoms. The Hall–Kier alpha value is -2.13. The largest absolute Gasteiger partial charge is 0.369 e. The van der Waals surface area contributed by atoms with Crippen molar-refractivity contribution in [3.8, 4) is 0 Å². The Morgan fingerprint density at radius 1 is 1.06 bits per heavy atom. The smallest absolute Gasteiger partial charge is 0.221 e. The van der Waals surface area contributed by atoms with E-state index in [1.807, 2.05) is 0 Å². The zero-order chi connectivity index (χ0) is 23.0. The summed E-state index contributed by atoms with van der Waals surface area (Å²) in [6.07, 6.45) is 3.10.